The second kappa shape index (κ2) is 4.52. The van der Waals surface area contributed by atoms with E-state index in [2.05, 4.69) is 21.0 Å². The number of carbonyl (C=O) groups is 1. The molecule has 0 aliphatic heterocycles. The standard InChI is InChI=1S/C10H9BrClF3N2O/c1-4(9(12)18)17-7(5-2-3-5)6(11)8(16-17)10(13,14)15/h4-5H,2-3H2,1H3/t4-/m0/s1. The number of carbonyl (C=O) groups excluding carboxylic acids is 1. The third kappa shape index (κ3) is 2.42. The molecule has 100 valence electrons. The van der Waals surface area contributed by atoms with Crippen molar-refractivity contribution in [1.82, 2.24) is 9.78 Å². The van der Waals surface area contributed by atoms with E-state index in [1.807, 2.05) is 0 Å². The van der Waals surface area contributed by atoms with Crippen molar-refractivity contribution in [3.63, 3.8) is 0 Å². The van der Waals surface area contributed by atoms with Crippen LogP contribution in [0.2, 0.25) is 0 Å². The van der Waals surface area contributed by atoms with Crippen LogP contribution < -0.4 is 0 Å². The van der Waals surface area contributed by atoms with Gasteiger partial charge in [0.05, 0.1) is 10.2 Å². The molecule has 0 bridgehead atoms. The molecule has 1 aliphatic rings. The first-order chi connectivity index (χ1) is 8.23. The molecular formula is C10H9BrClF3N2O. The van der Waals surface area contributed by atoms with Gasteiger partial charge in [0.1, 0.15) is 6.04 Å². The van der Waals surface area contributed by atoms with Gasteiger partial charge in [0.2, 0.25) is 5.24 Å². The molecule has 0 radical (unpaired) electrons. The van der Waals surface area contributed by atoms with Gasteiger partial charge in [-0.1, -0.05) is 0 Å². The Bertz CT molecular complexity index is 496. The van der Waals surface area contributed by atoms with Gasteiger partial charge in [0, 0.05) is 5.92 Å². The second-order valence-electron chi connectivity index (χ2n) is 4.24. The summed E-state index contributed by atoms with van der Waals surface area (Å²) in [7, 11) is 0. The van der Waals surface area contributed by atoms with Crippen LogP contribution in [0.3, 0.4) is 0 Å². The lowest BCUT2D eigenvalue weighted by molar-refractivity contribution is -0.142. The number of nitrogens with zero attached hydrogens (tertiary/aromatic N) is 2. The zero-order valence-electron chi connectivity index (χ0n) is 9.26. The number of alkyl halides is 3. The summed E-state index contributed by atoms with van der Waals surface area (Å²) in [6.45, 7) is 1.43. The summed E-state index contributed by atoms with van der Waals surface area (Å²) in [6.07, 6.45) is -2.96. The molecule has 1 heterocycles. The summed E-state index contributed by atoms with van der Waals surface area (Å²) in [5, 5.41) is 2.77. The molecular weight excluding hydrogens is 336 g/mol. The van der Waals surface area contributed by atoms with Gasteiger partial charge in [-0.05, 0) is 47.3 Å². The molecule has 0 N–H and O–H groups in total. The summed E-state index contributed by atoms with van der Waals surface area (Å²) >= 11 is 8.28. The van der Waals surface area contributed by atoms with Gasteiger partial charge in [-0.2, -0.15) is 18.3 Å². The Morgan fingerprint density at radius 3 is 2.50 bits per heavy atom. The van der Waals surface area contributed by atoms with Crippen LogP contribution in [0.4, 0.5) is 13.2 Å². The highest BCUT2D eigenvalue weighted by Gasteiger charge is 2.42. The van der Waals surface area contributed by atoms with E-state index >= 15 is 0 Å². The Kier molecular flexibility index (Phi) is 3.48. The fourth-order valence-corrected chi connectivity index (χ4v) is 2.62. The predicted octanol–water partition coefficient (Wildman–Crippen LogP) is 3.87. The van der Waals surface area contributed by atoms with Crippen molar-refractivity contribution in [3.05, 3.63) is 15.9 Å². The van der Waals surface area contributed by atoms with E-state index in [1.165, 1.54) is 6.92 Å². The molecule has 0 unspecified atom stereocenters. The maximum atomic E-state index is 12.8. The van der Waals surface area contributed by atoms with Gasteiger partial charge < -0.3 is 0 Å². The Labute approximate surface area is 114 Å². The van der Waals surface area contributed by atoms with E-state index in [9.17, 15) is 18.0 Å². The molecule has 2 rings (SSSR count). The summed E-state index contributed by atoms with van der Waals surface area (Å²) in [5.41, 5.74) is -0.599. The van der Waals surface area contributed by atoms with Crippen molar-refractivity contribution in [2.45, 2.75) is 37.9 Å². The minimum Gasteiger partial charge on any atom is -0.279 e. The van der Waals surface area contributed by atoms with E-state index in [0.29, 0.717) is 5.69 Å². The topological polar surface area (TPSA) is 34.9 Å². The monoisotopic (exact) mass is 344 g/mol. The second-order valence-corrected chi connectivity index (χ2v) is 5.41. The first-order valence-corrected chi connectivity index (χ1v) is 6.45. The smallest absolute Gasteiger partial charge is 0.279 e. The Morgan fingerprint density at radius 1 is 1.56 bits per heavy atom. The highest BCUT2D eigenvalue weighted by atomic mass is 79.9. The van der Waals surface area contributed by atoms with Gasteiger partial charge in [-0.15, -0.1) is 0 Å². The molecule has 8 heteroatoms. The van der Waals surface area contributed by atoms with E-state index in [4.69, 9.17) is 11.6 Å². The summed E-state index contributed by atoms with van der Waals surface area (Å²) in [6, 6.07) is -0.908. The maximum absolute atomic E-state index is 12.8. The van der Waals surface area contributed by atoms with Gasteiger partial charge in [0.15, 0.2) is 5.69 Å². The molecule has 3 nitrogen and oxygen atoms in total. The summed E-state index contributed by atoms with van der Waals surface area (Å²) in [5.74, 6) is 0.0152. The van der Waals surface area contributed by atoms with Crippen molar-refractivity contribution >= 4 is 32.8 Å². The Morgan fingerprint density at radius 2 is 2.11 bits per heavy atom. The fraction of sp³-hybridized carbons (Fsp3) is 0.600. The molecule has 1 saturated carbocycles. The number of aromatic nitrogens is 2. The largest absolute Gasteiger partial charge is 0.436 e. The molecule has 1 atom stereocenters. The molecule has 1 aromatic heterocycles. The molecule has 0 aromatic carbocycles. The molecule has 0 saturated heterocycles. The molecule has 1 fully saturated rings. The van der Waals surface area contributed by atoms with Crippen LogP contribution in [0.5, 0.6) is 0 Å². The first kappa shape index (κ1) is 13.9. The Hall–Kier alpha value is -0.560. The van der Waals surface area contributed by atoms with Crippen molar-refractivity contribution < 1.29 is 18.0 Å². The highest BCUT2D eigenvalue weighted by Crippen LogP contribution is 2.47. The van der Waals surface area contributed by atoms with Crippen LogP contribution in [-0.4, -0.2) is 15.0 Å². The predicted molar refractivity (Wildman–Crippen MR) is 62.5 cm³/mol. The van der Waals surface area contributed by atoms with Crippen molar-refractivity contribution in [2.24, 2.45) is 0 Å². The number of hydrogen-bond acceptors (Lipinski definition) is 2. The van der Waals surface area contributed by atoms with E-state index < -0.39 is 23.2 Å². The van der Waals surface area contributed by atoms with Gasteiger partial charge in [0.25, 0.3) is 0 Å². The molecule has 0 spiro atoms. The van der Waals surface area contributed by atoms with E-state index in [1.54, 1.807) is 0 Å². The van der Waals surface area contributed by atoms with Crippen molar-refractivity contribution in [2.75, 3.05) is 0 Å². The van der Waals surface area contributed by atoms with Crippen molar-refractivity contribution in [1.29, 1.82) is 0 Å². The van der Waals surface area contributed by atoms with E-state index in [-0.39, 0.29) is 10.4 Å². The average molecular weight is 346 g/mol. The SMILES string of the molecule is C[C@@H](C(=O)Cl)n1nc(C(F)(F)F)c(Br)c1C1CC1. The van der Waals surface area contributed by atoms with Crippen molar-refractivity contribution in [3.8, 4) is 0 Å². The molecule has 1 aliphatic carbocycles. The minimum absolute atomic E-state index is 0.0152. The zero-order chi connectivity index (χ0) is 13.7. The lowest BCUT2D eigenvalue weighted by atomic mass is 10.2. The fourth-order valence-electron chi connectivity index (χ4n) is 1.72. The van der Waals surface area contributed by atoms with Crippen LogP contribution in [0.25, 0.3) is 0 Å². The van der Waals surface area contributed by atoms with Gasteiger partial charge >= 0.3 is 6.18 Å². The Balaban J connectivity index is 2.55. The summed E-state index contributed by atoms with van der Waals surface area (Å²) < 4.78 is 39.3. The molecule has 1 aromatic rings. The molecule has 18 heavy (non-hydrogen) atoms. The average Bonchev–Trinajstić information content (AvgIpc) is 2.99. The van der Waals surface area contributed by atoms with Crippen LogP contribution in [0.1, 0.15) is 43.1 Å². The van der Waals surface area contributed by atoms with Gasteiger partial charge in [-0.3, -0.25) is 9.48 Å². The van der Waals surface area contributed by atoms with Gasteiger partial charge in [-0.25, -0.2) is 0 Å². The summed E-state index contributed by atoms with van der Waals surface area (Å²) in [4.78, 5) is 11.1. The zero-order valence-corrected chi connectivity index (χ0v) is 11.6. The first-order valence-electron chi connectivity index (χ1n) is 5.28. The van der Waals surface area contributed by atoms with Crippen LogP contribution in [0.15, 0.2) is 4.47 Å². The third-order valence-corrected chi connectivity index (χ3v) is 3.91. The number of hydrogen-bond donors (Lipinski definition) is 0. The third-order valence-electron chi connectivity index (χ3n) is 2.82. The lowest BCUT2D eigenvalue weighted by Crippen LogP contribution is -2.16. The normalized spacial score (nSPS) is 17.9. The number of rotatable bonds is 3. The minimum atomic E-state index is -4.55. The van der Waals surface area contributed by atoms with Crippen LogP contribution in [0, 0.1) is 0 Å². The van der Waals surface area contributed by atoms with E-state index in [0.717, 1.165) is 17.5 Å². The number of halogens is 5. The van der Waals surface area contributed by atoms with Crippen LogP contribution >= 0.6 is 27.5 Å². The maximum Gasteiger partial charge on any atom is 0.436 e. The quantitative estimate of drug-likeness (QED) is 0.780. The van der Waals surface area contributed by atoms with Crippen LogP contribution in [-0.2, 0) is 11.0 Å². The molecule has 0 amide bonds. The lowest BCUT2D eigenvalue weighted by Gasteiger charge is -2.11. The highest BCUT2D eigenvalue weighted by molar-refractivity contribution is 9.10.